The highest BCUT2D eigenvalue weighted by Gasteiger charge is 2.57. The lowest BCUT2D eigenvalue weighted by molar-refractivity contribution is 0.0763. The zero-order valence-electron chi connectivity index (χ0n) is 19.8. The first kappa shape index (κ1) is 22.6. The van der Waals surface area contributed by atoms with Gasteiger partial charge in [-0.15, -0.1) is 0 Å². The molecule has 2 aromatic carbocycles. The highest BCUT2D eigenvalue weighted by Crippen LogP contribution is 2.45. The first-order valence-corrected chi connectivity index (χ1v) is 12.0. The average molecular weight is 493 g/mol. The second-order valence-corrected chi connectivity index (χ2v) is 9.05. The summed E-state index contributed by atoms with van der Waals surface area (Å²) in [5.74, 6) is 0.794. The van der Waals surface area contributed by atoms with Gasteiger partial charge in [0.25, 0.3) is 11.8 Å². The maximum absolute atomic E-state index is 13.1. The summed E-state index contributed by atoms with van der Waals surface area (Å²) >= 11 is 0. The van der Waals surface area contributed by atoms with Crippen LogP contribution in [-0.2, 0) is 0 Å². The van der Waals surface area contributed by atoms with Crippen molar-refractivity contribution in [3.05, 3.63) is 96.6 Å². The largest absolute Gasteiger partial charge is 0.347 e. The Morgan fingerprint density at radius 1 is 0.703 bits per heavy atom. The molecule has 1 aliphatic carbocycles. The zero-order chi connectivity index (χ0) is 25.2. The van der Waals surface area contributed by atoms with Gasteiger partial charge in [0.15, 0.2) is 0 Å². The van der Waals surface area contributed by atoms with Gasteiger partial charge in [0.1, 0.15) is 11.4 Å². The molecule has 3 N–H and O–H groups in total. The van der Waals surface area contributed by atoms with Crippen molar-refractivity contribution in [3.8, 4) is 0 Å². The molecule has 2 aliphatic rings. The Balaban J connectivity index is 1.04. The van der Waals surface area contributed by atoms with Crippen LogP contribution in [0, 0.1) is 11.8 Å². The quantitative estimate of drug-likeness (QED) is 0.359. The minimum absolute atomic E-state index is 0.0257. The van der Waals surface area contributed by atoms with E-state index in [-0.39, 0.29) is 29.7 Å². The summed E-state index contributed by atoms with van der Waals surface area (Å²) in [5, 5.41) is 9.28. The Morgan fingerprint density at radius 2 is 1.22 bits per heavy atom. The highest BCUT2D eigenvalue weighted by molar-refractivity contribution is 5.94. The molecule has 0 radical (unpaired) electrons. The second kappa shape index (κ2) is 9.65. The smallest absolute Gasteiger partial charge is 0.272 e. The van der Waals surface area contributed by atoms with E-state index in [9.17, 15) is 9.59 Å². The van der Waals surface area contributed by atoms with E-state index in [1.54, 1.807) is 29.4 Å². The van der Waals surface area contributed by atoms with Crippen molar-refractivity contribution >= 4 is 35.1 Å². The summed E-state index contributed by atoms with van der Waals surface area (Å²) < 4.78 is 0. The number of amides is 2. The van der Waals surface area contributed by atoms with E-state index in [2.05, 4.69) is 35.9 Å². The van der Waals surface area contributed by atoms with Gasteiger partial charge in [0.05, 0.1) is 0 Å². The number of aromatic nitrogens is 4. The van der Waals surface area contributed by atoms with Crippen LogP contribution in [0.5, 0.6) is 0 Å². The molecular weight excluding hydrogens is 468 g/mol. The number of carbonyl (C=O) groups excluding carboxylic acids is 2. The zero-order valence-corrected chi connectivity index (χ0v) is 19.8. The lowest BCUT2D eigenvalue weighted by Crippen LogP contribution is -2.38. The van der Waals surface area contributed by atoms with Gasteiger partial charge in [-0.25, -0.2) is 19.9 Å². The third-order valence-corrected chi connectivity index (χ3v) is 6.60. The van der Waals surface area contributed by atoms with Gasteiger partial charge in [-0.3, -0.25) is 9.59 Å². The van der Waals surface area contributed by atoms with Crippen LogP contribution in [0.4, 0.5) is 23.3 Å². The van der Waals surface area contributed by atoms with Crippen molar-refractivity contribution in [1.82, 2.24) is 30.2 Å². The molecular formula is C27H24N8O2. The van der Waals surface area contributed by atoms with Crippen LogP contribution in [-0.4, -0.2) is 55.8 Å². The molecule has 1 unspecified atom stereocenters. The summed E-state index contributed by atoms with van der Waals surface area (Å²) in [5.41, 5.74) is 2.33. The molecule has 10 nitrogen and oxygen atoms in total. The minimum Gasteiger partial charge on any atom is -0.347 e. The maximum atomic E-state index is 13.1. The van der Waals surface area contributed by atoms with Crippen LogP contribution >= 0.6 is 0 Å². The molecule has 0 spiro atoms. The predicted molar refractivity (Wildman–Crippen MR) is 138 cm³/mol. The van der Waals surface area contributed by atoms with Gasteiger partial charge in [-0.1, -0.05) is 36.4 Å². The third-order valence-electron chi connectivity index (χ3n) is 6.60. The Hall–Kier alpha value is -4.86. The molecule has 1 aliphatic heterocycles. The first-order chi connectivity index (χ1) is 18.1. The summed E-state index contributed by atoms with van der Waals surface area (Å²) in [6, 6.07) is 22.3. The number of rotatable bonds is 7. The van der Waals surface area contributed by atoms with Gasteiger partial charge in [0, 0.05) is 54.7 Å². The number of benzene rings is 2. The van der Waals surface area contributed by atoms with E-state index in [1.807, 2.05) is 60.7 Å². The Kier molecular flexibility index (Phi) is 5.89. The molecule has 3 heterocycles. The van der Waals surface area contributed by atoms with Crippen LogP contribution in [0.15, 0.2) is 85.2 Å². The summed E-state index contributed by atoms with van der Waals surface area (Å²) in [7, 11) is 0. The van der Waals surface area contributed by atoms with Crippen molar-refractivity contribution in [2.75, 3.05) is 23.7 Å². The van der Waals surface area contributed by atoms with Crippen LogP contribution in [0.25, 0.3) is 0 Å². The number of nitrogens with one attached hydrogen (secondary N) is 3. The first-order valence-electron chi connectivity index (χ1n) is 12.0. The summed E-state index contributed by atoms with van der Waals surface area (Å²) in [4.78, 5) is 44.8. The normalized spacial score (nSPS) is 19.6. The molecule has 1 saturated carbocycles. The Morgan fingerprint density at radius 3 is 1.78 bits per heavy atom. The number of carbonyl (C=O) groups is 2. The van der Waals surface area contributed by atoms with Gasteiger partial charge < -0.3 is 20.9 Å². The highest BCUT2D eigenvalue weighted by atomic mass is 16.2. The summed E-state index contributed by atoms with van der Waals surface area (Å²) in [6.45, 7) is 1.15. The molecule has 2 amide bonds. The van der Waals surface area contributed by atoms with E-state index in [1.165, 1.54) is 0 Å². The van der Waals surface area contributed by atoms with Crippen LogP contribution in [0.1, 0.15) is 21.0 Å². The van der Waals surface area contributed by atoms with Crippen molar-refractivity contribution in [2.24, 2.45) is 11.8 Å². The van der Waals surface area contributed by atoms with E-state index >= 15 is 0 Å². The lowest BCUT2D eigenvalue weighted by atomic mass is 10.3. The standard InChI is InChI=1S/C27H24N8O2/c36-24(21-11-13-28-26(32-21)30-17-7-3-1-4-8-17)34-23-19-15-35(16-20(19)23)25(37)22-12-14-29-27(33-22)31-18-9-5-2-6-10-18/h1-14,19-20,23H,15-16H2,(H,34,36)(H,28,30,32)(H,29,31,33)/t19-,20+,23?. The number of hydrogen-bond donors (Lipinski definition) is 3. The van der Waals surface area contributed by atoms with Crippen LogP contribution < -0.4 is 16.0 Å². The molecule has 2 aromatic heterocycles. The molecule has 4 aromatic rings. The lowest BCUT2D eigenvalue weighted by Gasteiger charge is -2.20. The maximum Gasteiger partial charge on any atom is 0.272 e. The van der Waals surface area contributed by atoms with E-state index in [4.69, 9.17) is 0 Å². The molecule has 0 bridgehead atoms. The number of hydrogen-bond acceptors (Lipinski definition) is 8. The number of fused-ring (bicyclic) bond motifs is 1. The van der Waals surface area contributed by atoms with Gasteiger partial charge in [0.2, 0.25) is 11.9 Å². The van der Waals surface area contributed by atoms with E-state index in [0.717, 1.165) is 11.4 Å². The Labute approximate surface area is 213 Å². The van der Waals surface area contributed by atoms with Crippen LogP contribution in [0.2, 0.25) is 0 Å². The fraction of sp³-hybridized carbons (Fsp3) is 0.185. The third kappa shape index (κ3) is 4.94. The number of likely N-dealkylation sites (tertiary alicyclic amines) is 1. The van der Waals surface area contributed by atoms with Gasteiger partial charge in [-0.2, -0.15) is 0 Å². The fourth-order valence-corrected chi connectivity index (χ4v) is 4.68. The molecule has 10 heteroatoms. The number of anilines is 4. The van der Waals surface area contributed by atoms with Crippen LogP contribution in [0.3, 0.4) is 0 Å². The van der Waals surface area contributed by atoms with E-state index in [0.29, 0.717) is 36.4 Å². The number of piperidine rings is 1. The monoisotopic (exact) mass is 492 g/mol. The molecule has 6 rings (SSSR count). The van der Waals surface area contributed by atoms with Crippen molar-refractivity contribution < 1.29 is 9.59 Å². The molecule has 1 saturated heterocycles. The van der Waals surface area contributed by atoms with Gasteiger partial charge in [-0.05, 0) is 36.4 Å². The number of nitrogens with zero attached hydrogens (tertiary/aromatic N) is 5. The second-order valence-electron chi connectivity index (χ2n) is 9.05. The van der Waals surface area contributed by atoms with Crippen molar-refractivity contribution in [2.45, 2.75) is 6.04 Å². The van der Waals surface area contributed by atoms with Crippen molar-refractivity contribution in [3.63, 3.8) is 0 Å². The van der Waals surface area contributed by atoms with Crippen molar-refractivity contribution in [1.29, 1.82) is 0 Å². The number of para-hydroxylation sites is 2. The molecule has 2 fully saturated rings. The van der Waals surface area contributed by atoms with E-state index < -0.39 is 0 Å². The topological polar surface area (TPSA) is 125 Å². The average Bonchev–Trinajstić information content (AvgIpc) is 3.36. The molecule has 37 heavy (non-hydrogen) atoms. The molecule has 3 atom stereocenters. The SMILES string of the molecule is O=C(NC1[C@H]2CN(C(=O)c3ccnc(Nc4ccccc4)n3)C[C@@H]12)c1ccnc(Nc2ccccc2)n1. The summed E-state index contributed by atoms with van der Waals surface area (Å²) in [6.07, 6.45) is 3.14. The minimum atomic E-state index is -0.247. The van der Waals surface area contributed by atoms with Gasteiger partial charge >= 0.3 is 0 Å². The predicted octanol–water partition coefficient (Wildman–Crippen LogP) is 3.25. The fourth-order valence-electron chi connectivity index (χ4n) is 4.68. The molecule has 184 valence electrons. The Bertz CT molecular complexity index is 1420.